The van der Waals surface area contributed by atoms with Crippen molar-refractivity contribution in [1.29, 1.82) is 0 Å². The third-order valence-electron chi connectivity index (χ3n) is 1.80. The Labute approximate surface area is 92.7 Å². The molecule has 0 N–H and O–H groups in total. The lowest BCUT2D eigenvalue weighted by Crippen LogP contribution is -2.01. The van der Waals surface area contributed by atoms with Crippen LogP contribution in [0.1, 0.15) is 46.0 Å². The van der Waals surface area contributed by atoms with Crippen LogP contribution in [0.4, 0.5) is 0 Å². The third-order valence-corrected chi connectivity index (χ3v) is 1.80. The van der Waals surface area contributed by atoms with Crippen molar-refractivity contribution in [3.63, 3.8) is 0 Å². The zero-order valence-corrected chi connectivity index (χ0v) is 9.71. The average Bonchev–Trinajstić information content (AvgIpc) is 2.23. The molecule has 2 heteroatoms. The summed E-state index contributed by atoms with van der Waals surface area (Å²) in [5.41, 5.74) is 0. The Morgan fingerprint density at radius 1 is 1.27 bits per heavy atom. The standard InChI is InChI=1S/C13H20O2/c1-3-5-7-8-9-10-11-13(14)15-12-6-4-2/h10-11H,3-7,12H2,1-2H3/b11-10+. The van der Waals surface area contributed by atoms with E-state index in [9.17, 15) is 4.79 Å². The zero-order chi connectivity index (χ0) is 11.4. The van der Waals surface area contributed by atoms with Crippen LogP contribution in [-0.4, -0.2) is 12.6 Å². The maximum Gasteiger partial charge on any atom is 0.331 e. The van der Waals surface area contributed by atoms with E-state index in [4.69, 9.17) is 4.74 Å². The minimum Gasteiger partial charge on any atom is -0.463 e. The number of unbranched alkanes of at least 4 members (excludes halogenated alkanes) is 3. The van der Waals surface area contributed by atoms with Gasteiger partial charge in [-0.2, -0.15) is 0 Å². The van der Waals surface area contributed by atoms with Gasteiger partial charge in [-0.1, -0.05) is 38.5 Å². The van der Waals surface area contributed by atoms with Gasteiger partial charge in [-0.3, -0.25) is 0 Å². The highest BCUT2D eigenvalue weighted by Crippen LogP contribution is 1.91. The molecule has 0 aromatic rings. The van der Waals surface area contributed by atoms with Crippen LogP contribution in [0.15, 0.2) is 12.2 Å². The maximum atomic E-state index is 11.0. The molecule has 0 spiro atoms. The van der Waals surface area contributed by atoms with Gasteiger partial charge in [0.15, 0.2) is 0 Å². The second kappa shape index (κ2) is 10.8. The van der Waals surface area contributed by atoms with Crippen molar-refractivity contribution < 1.29 is 9.53 Å². The Morgan fingerprint density at radius 3 is 2.67 bits per heavy atom. The number of carbonyl (C=O) groups is 1. The average molecular weight is 208 g/mol. The summed E-state index contributed by atoms with van der Waals surface area (Å²) in [5, 5.41) is 0. The maximum absolute atomic E-state index is 11.0. The van der Waals surface area contributed by atoms with Gasteiger partial charge in [0.2, 0.25) is 0 Å². The van der Waals surface area contributed by atoms with Crippen molar-refractivity contribution in [1.82, 2.24) is 0 Å². The van der Waals surface area contributed by atoms with E-state index in [0.717, 1.165) is 32.1 Å². The smallest absolute Gasteiger partial charge is 0.331 e. The Balaban J connectivity index is 3.55. The van der Waals surface area contributed by atoms with Gasteiger partial charge in [0.25, 0.3) is 0 Å². The highest BCUT2D eigenvalue weighted by molar-refractivity contribution is 5.82. The van der Waals surface area contributed by atoms with Crippen molar-refractivity contribution >= 4 is 5.97 Å². The Morgan fingerprint density at radius 2 is 2.00 bits per heavy atom. The lowest BCUT2D eigenvalue weighted by Gasteiger charge is -1.97. The summed E-state index contributed by atoms with van der Waals surface area (Å²) >= 11 is 0. The second-order valence-corrected chi connectivity index (χ2v) is 3.28. The first-order valence-corrected chi connectivity index (χ1v) is 5.63. The van der Waals surface area contributed by atoms with E-state index in [2.05, 4.69) is 25.7 Å². The molecule has 0 heterocycles. The van der Waals surface area contributed by atoms with Crippen LogP contribution in [0, 0.1) is 11.8 Å². The number of esters is 1. The molecule has 0 saturated heterocycles. The second-order valence-electron chi connectivity index (χ2n) is 3.28. The van der Waals surface area contributed by atoms with E-state index < -0.39 is 0 Å². The molecule has 0 aromatic carbocycles. The first-order chi connectivity index (χ1) is 7.31. The lowest BCUT2D eigenvalue weighted by atomic mass is 10.2. The van der Waals surface area contributed by atoms with Crippen LogP contribution in [-0.2, 0) is 9.53 Å². The summed E-state index contributed by atoms with van der Waals surface area (Å²) in [6, 6.07) is 0. The highest BCUT2D eigenvalue weighted by Gasteiger charge is 1.93. The van der Waals surface area contributed by atoms with Gasteiger partial charge in [-0.25, -0.2) is 4.79 Å². The van der Waals surface area contributed by atoms with Crippen LogP contribution >= 0.6 is 0 Å². The molecular formula is C13H20O2. The first-order valence-electron chi connectivity index (χ1n) is 5.63. The fraction of sp³-hybridized carbons (Fsp3) is 0.615. The molecule has 0 aromatic heterocycles. The van der Waals surface area contributed by atoms with Gasteiger partial charge < -0.3 is 4.74 Å². The summed E-state index contributed by atoms with van der Waals surface area (Å²) in [5.74, 6) is 5.48. The SMILES string of the molecule is CCCCC#C/C=C/C(=O)OCCCC. The topological polar surface area (TPSA) is 26.3 Å². The number of ether oxygens (including phenoxy) is 1. The van der Waals surface area contributed by atoms with E-state index >= 15 is 0 Å². The molecule has 0 bridgehead atoms. The Bertz CT molecular complexity index is 243. The van der Waals surface area contributed by atoms with Crippen LogP contribution in [0.3, 0.4) is 0 Å². The Kier molecular flexibility index (Phi) is 9.96. The number of allylic oxidation sites excluding steroid dienone is 1. The van der Waals surface area contributed by atoms with Gasteiger partial charge in [0.05, 0.1) is 6.61 Å². The summed E-state index contributed by atoms with van der Waals surface area (Å²) in [7, 11) is 0. The molecule has 15 heavy (non-hydrogen) atoms. The van der Waals surface area contributed by atoms with E-state index in [1.807, 2.05) is 0 Å². The number of hydrogen-bond donors (Lipinski definition) is 0. The summed E-state index contributed by atoms with van der Waals surface area (Å²) in [6.07, 6.45) is 8.05. The quantitative estimate of drug-likeness (QED) is 0.290. The van der Waals surface area contributed by atoms with Gasteiger partial charge in [-0.15, -0.1) is 0 Å². The first kappa shape index (κ1) is 13.8. The van der Waals surface area contributed by atoms with E-state index in [-0.39, 0.29) is 5.97 Å². The third kappa shape index (κ3) is 10.7. The van der Waals surface area contributed by atoms with Crippen molar-refractivity contribution in [2.45, 2.75) is 46.0 Å². The van der Waals surface area contributed by atoms with Crippen LogP contribution in [0.2, 0.25) is 0 Å². The van der Waals surface area contributed by atoms with Gasteiger partial charge in [0, 0.05) is 12.5 Å². The molecule has 0 atom stereocenters. The molecule has 0 aliphatic heterocycles. The van der Waals surface area contributed by atoms with Crippen LogP contribution in [0.25, 0.3) is 0 Å². The molecule has 0 fully saturated rings. The highest BCUT2D eigenvalue weighted by atomic mass is 16.5. The summed E-state index contributed by atoms with van der Waals surface area (Å²) < 4.78 is 4.92. The molecule has 0 radical (unpaired) electrons. The van der Waals surface area contributed by atoms with Crippen molar-refractivity contribution in [3.8, 4) is 11.8 Å². The van der Waals surface area contributed by atoms with Crippen LogP contribution < -0.4 is 0 Å². The predicted octanol–water partition coefficient (Wildman–Crippen LogP) is 3.08. The lowest BCUT2D eigenvalue weighted by molar-refractivity contribution is -0.137. The molecule has 0 saturated carbocycles. The normalized spacial score (nSPS) is 9.73. The summed E-state index contributed by atoms with van der Waals surface area (Å²) in [6.45, 7) is 4.69. The number of rotatable bonds is 6. The molecular weight excluding hydrogens is 188 g/mol. The molecule has 0 amide bonds. The molecule has 0 aliphatic carbocycles. The number of carbonyl (C=O) groups excluding carboxylic acids is 1. The minimum atomic E-state index is -0.298. The molecule has 0 rings (SSSR count). The predicted molar refractivity (Wildman–Crippen MR) is 62.3 cm³/mol. The monoisotopic (exact) mass is 208 g/mol. The fourth-order valence-corrected chi connectivity index (χ4v) is 0.871. The molecule has 2 nitrogen and oxygen atoms in total. The molecule has 84 valence electrons. The van der Waals surface area contributed by atoms with Crippen molar-refractivity contribution in [2.75, 3.05) is 6.61 Å². The van der Waals surface area contributed by atoms with Gasteiger partial charge >= 0.3 is 5.97 Å². The van der Waals surface area contributed by atoms with Gasteiger partial charge in [0.1, 0.15) is 0 Å². The van der Waals surface area contributed by atoms with Crippen LogP contribution in [0.5, 0.6) is 0 Å². The minimum absolute atomic E-state index is 0.298. The van der Waals surface area contributed by atoms with Crippen molar-refractivity contribution in [2.24, 2.45) is 0 Å². The number of hydrogen-bond acceptors (Lipinski definition) is 2. The summed E-state index contributed by atoms with van der Waals surface area (Å²) in [4.78, 5) is 11.0. The van der Waals surface area contributed by atoms with E-state index in [1.54, 1.807) is 6.08 Å². The van der Waals surface area contributed by atoms with Crippen molar-refractivity contribution in [3.05, 3.63) is 12.2 Å². The largest absolute Gasteiger partial charge is 0.463 e. The Hall–Kier alpha value is -1.23. The van der Waals surface area contributed by atoms with Gasteiger partial charge in [-0.05, 0) is 18.9 Å². The fourth-order valence-electron chi connectivity index (χ4n) is 0.871. The molecule has 0 aliphatic rings. The zero-order valence-electron chi connectivity index (χ0n) is 9.71. The van der Waals surface area contributed by atoms with E-state index in [1.165, 1.54) is 6.08 Å². The van der Waals surface area contributed by atoms with E-state index in [0.29, 0.717) is 6.61 Å². The molecule has 0 unspecified atom stereocenters.